The predicted octanol–water partition coefficient (Wildman–Crippen LogP) is 26.4. The molecule has 0 radical (unpaired) electrons. The summed E-state index contributed by atoms with van der Waals surface area (Å²) in [6, 6.07) is 0. The summed E-state index contributed by atoms with van der Waals surface area (Å²) in [4.78, 5) is 73.3. The van der Waals surface area contributed by atoms with Crippen molar-refractivity contribution in [3.63, 3.8) is 0 Å². The zero-order valence-electron chi connectivity index (χ0n) is 68.9. The number of phosphoric ester groups is 2. The minimum atomic E-state index is -4.97. The fourth-order valence-corrected chi connectivity index (χ4v) is 15.1. The second-order valence-corrected chi connectivity index (χ2v) is 34.3. The highest BCUT2D eigenvalue weighted by atomic mass is 31.2. The summed E-state index contributed by atoms with van der Waals surface area (Å²) < 4.78 is 68.9. The van der Waals surface area contributed by atoms with E-state index in [2.05, 4.69) is 34.6 Å². The molecule has 0 saturated carbocycles. The van der Waals surface area contributed by atoms with E-state index in [4.69, 9.17) is 37.0 Å². The van der Waals surface area contributed by atoms with Gasteiger partial charge in [0, 0.05) is 25.7 Å². The van der Waals surface area contributed by atoms with Gasteiger partial charge in [0.1, 0.15) is 19.3 Å². The smallest absolute Gasteiger partial charge is 0.462 e. The molecule has 0 spiro atoms. The van der Waals surface area contributed by atoms with Gasteiger partial charge in [0.25, 0.3) is 0 Å². The average Bonchev–Trinajstić information content (AvgIpc) is 0.911. The molecule has 0 heterocycles. The van der Waals surface area contributed by atoms with Crippen molar-refractivity contribution in [1.82, 2.24) is 0 Å². The number of unbranched alkanes of at least 4 members (excludes halogenated alkanes) is 58. The van der Waals surface area contributed by atoms with Gasteiger partial charge in [0.2, 0.25) is 0 Å². The third kappa shape index (κ3) is 79.9. The number of aliphatic hydroxyl groups is 1. The minimum Gasteiger partial charge on any atom is -0.462 e. The quantitative estimate of drug-likeness (QED) is 0.0222. The Bertz CT molecular complexity index is 2000. The normalized spacial score (nSPS) is 13.8. The zero-order valence-corrected chi connectivity index (χ0v) is 70.7. The maximum atomic E-state index is 13.2. The van der Waals surface area contributed by atoms with E-state index in [1.54, 1.807) is 0 Å². The molecule has 17 nitrogen and oxygen atoms in total. The second kappa shape index (κ2) is 78.7. The highest BCUT2D eigenvalue weighted by Crippen LogP contribution is 2.45. The summed E-state index contributed by atoms with van der Waals surface area (Å²) in [5.41, 5.74) is 0. The number of phosphoric acid groups is 2. The Hall–Kier alpha value is -1.94. The van der Waals surface area contributed by atoms with Gasteiger partial charge in [0.05, 0.1) is 26.4 Å². The minimum absolute atomic E-state index is 0.108. The van der Waals surface area contributed by atoms with Crippen LogP contribution in [0.2, 0.25) is 0 Å². The molecule has 624 valence electrons. The lowest BCUT2D eigenvalue weighted by Crippen LogP contribution is -2.30. The van der Waals surface area contributed by atoms with E-state index in [0.717, 1.165) is 95.8 Å². The number of esters is 4. The van der Waals surface area contributed by atoms with Gasteiger partial charge in [-0.2, -0.15) is 0 Å². The molecule has 19 heteroatoms. The van der Waals surface area contributed by atoms with E-state index in [-0.39, 0.29) is 25.7 Å². The molecule has 0 aromatic heterocycles. The van der Waals surface area contributed by atoms with E-state index < -0.39 is 97.5 Å². The zero-order chi connectivity index (χ0) is 76.9. The molecule has 5 atom stereocenters. The Morgan fingerprint density at radius 3 is 0.648 bits per heavy atom. The van der Waals surface area contributed by atoms with Gasteiger partial charge >= 0.3 is 39.5 Å². The molecule has 0 amide bonds. The maximum absolute atomic E-state index is 13.2. The van der Waals surface area contributed by atoms with Gasteiger partial charge in [0.15, 0.2) is 12.2 Å². The third-order valence-corrected chi connectivity index (χ3v) is 22.2. The monoisotopic (exact) mass is 1540 g/mol. The fraction of sp³-hybridized carbons (Fsp3) is 0.953. The lowest BCUT2D eigenvalue weighted by Gasteiger charge is -2.21. The number of carbonyl (C=O) groups is 4. The number of rotatable bonds is 86. The molecule has 0 aliphatic heterocycles. The summed E-state index contributed by atoms with van der Waals surface area (Å²) in [7, 11) is -9.93. The highest BCUT2D eigenvalue weighted by molar-refractivity contribution is 7.47. The van der Waals surface area contributed by atoms with Gasteiger partial charge in [-0.15, -0.1) is 0 Å². The van der Waals surface area contributed by atoms with Crippen LogP contribution in [0.1, 0.15) is 465 Å². The largest absolute Gasteiger partial charge is 0.472 e. The predicted molar refractivity (Wildman–Crippen MR) is 432 cm³/mol. The SMILES string of the molecule is CCCCCCCCCCCCCCCCCCCCCC(=O)OC[C@H](COP(=O)(O)OC[C@@H](O)COP(=O)(O)OC[C@@H](COC(=O)CCCCCCCCCCCCC(C)C)OC(=O)CCCCCCCCCCCCCCCC)OC(=O)CCCCCCCCCCCCCCCCCCCCC. The van der Waals surface area contributed by atoms with Crippen LogP contribution in [0.3, 0.4) is 0 Å². The number of aliphatic hydroxyl groups excluding tert-OH is 1. The van der Waals surface area contributed by atoms with Gasteiger partial charge in [-0.1, -0.05) is 413 Å². The summed E-state index contributed by atoms with van der Waals surface area (Å²) in [5.74, 6) is -1.34. The van der Waals surface area contributed by atoms with Crippen molar-refractivity contribution in [1.29, 1.82) is 0 Å². The molecule has 3 N–H and O–H groups in total. The molecule has 0 saturated heterocycles. The van der Waals surface area contributed by atoms with E-state index >= 15 is 0 Å². The van der Waals surface area contributed by atoms with Crippen molar-refractivity contribution < 1.29 is 80.2 Å². The van der Waals surface area contributed by atoms with E-state index in [1.807, 2.05) is 0 Å². The van der Waals surface area contributed by atoms with Crippen LogP contribution < -0.4 is 0 Å². The van der Waals surface area contributed by atoms with Gasteiger partial charge in [-0.3, -0.25) is 37.3 Å². The Labute approximate surface area is 645 Å². The summed E-state index contributed by atoms with van der Waals surface area (Å²) >= 11 is 0. The van der Waals surface area contributed by atoms with E-state index in [1.165, 1.54) is 289 Å². The van der Waals surface area contributed by atoms with Crippen molar-refractivity contribution in [3.05, 3.63) is 0 Å². The summed E-state index contributed by atoms with van der Waals surface area (Å²) in [6.07, 6.45) is 72.2. The Kier molecular flexibility index (Phi) is 77.3. The van der Waals surface area contributed by atoms with Crippen molar-refractivity contribution in [2.24, 2.45) is 5.92 Å². The Morgan fingerprint density at radius 1 is 0.257 bits per heavy atom. The lowest BCUT2D eigenvalue weighted by atomic mass is 10.0. The second-order valence-electron chi connectivity index (χ2n) is 31.4. The molecule has 0 bridgehead atoms. The van der Waals surface area contributed by atoms with Crippen LogP contribution in [-0.2, 0) is 65.4 Å². The van der Waals surface area contributed by atoms with Crippen molar-refractivity contribution >= 4 is 39.5 Å². The Morgan fingerprint density at radius 2 is 0.438 bits per heavy atom. The van der Waals surface area contributed by atoms with Gasteiger partial charge in [-0.25, -0.2) is 9.13 Å². The van der Waals surface area contributed by atoms with Crippen molar-refractivity contribution in [2.45, 2.75) is 483 Å². The van der Waals surface area contributed by atoms with Crippen LogP contribution in [0.5, 0.6) is 0 Å². The molecule has 2 unspecified atom stereocenters. The molecule has 0 aliphatic rings. The van der Waals surface area contributed by atoms with Crippen LogP contribution in [0, 0.1) is 5.92 Å². The maximum Gasteiger partial charge on any atom is 0.472 e. The molecule has 0 aromatic carbocycles. The standard InChI is InChI=1S/C86H168O17P2/c1-6-9-12-15-18-21-24-27-30-32-34-36-38-41-43-49-54-59-64-69-83(88)96-75-81(102-86(91)72-67-62-57-52-45-42-39-37-35-33-31-28-25-22-19-16-13-10-7-2)77-100-104(92,93)98-73-80(87)74-99-105(94,95)101-78-82(76-97-84(89)70-65-60-55-50-47-46-48-53-58-63-68-79(4)5)103-85(90)71-66-61-56-51-44-40-29-26-23-20-17-14-11-8-3/h79-82,87H,6-78H2,1-5H3,(H,92,93)(H,94,95)/t80-,81-,82-/m1/s1. The van der Waals surface area contributed by atoms with E-state index in [0.29, 0.717) is 25.7 Å². The number of ether oxygens (including phenoxy) is 4. The molecule has 0 rings (SSSR count). The number of carbonyl (C=O) groups excluding carboxylic acids is 4. The molecular weight excluding hydrogens is 1370 g/mol. The molecule has 105 heavy (non-hydrogen) atoms. The molecule has 0 aliphatic carbocycles. The van der Waals surface area contributed by atoms with Crippen molar-refractivity contribution in [2.75, 3.05) is 39.6 Å². The van der Waals surface area contributed by atoms with Gasteiger partial charge in [-0.05, 0) is 31.6 Å². The van der Waals surface area contributed by atoms with Crippen LogP contribution in [0.4, 0.5) is 0 Å². The van der Waals surface area contributed by atoms with E-state index in [9.17, 15) is 43.2 Å². The summed E-state index contributed by atoms with van der Waals surface area (Å²) in [5, 5.41) is 10.7. The lowest BCUT2D eigenvalue weighted by molar-refractivity contribution is -0.161. The number of hydrogen-bond donors (Lipinski definition) is 3. The molecular formula is C86H168O17P2. The first-order valence-corrected chi connectivity index (χ1v) is 47.6. The average molecular weight is 1540 g/mol. The fourth-order valence-electron chi connectivity index (χ4n) is 13.5. The molecule has 0 aromatic rings. The van der Waals surface area contributed by atoms with Crippen molar-refractivity contribution in [3.8, 4) is 0 Å². The topological polar surface area (TPSA) is 237 Å². The summed E-state index contributed by atoms with van der Waals surface area (Å²) in [6.45, 7) is 7.36. The van der Waals surface area contributed by atoms with Gasteiger partial charge < -0.3 is 33.8 Å². The molecule has 0 fully saturated rings. The van der Waals surface area contributed by atoms with Crippen LogP contribution >= 0.6 is 15.6 Å². The van der Waals surface area contributed by atoms with Crippen LogP contribution in [0.25, 0.3) is 0 Å². The number of hydrogen-bond acceptors (Lipinski definition) is 15. The van der Waals surface area contributed by atoms with Crippen LogP contribution in [0.15, 0.2) is 0 Å². The first-order chi connectivity index (χ1) is 51.0. The first-order valence-electron chi connectivity index (χ1n) is 44.6. The Balaban J connectivity index is 5.25. The third-order valence-electron chi connectivity index (χ3n) is 20.3. The van der Waals surface area contributed by atoms with Crippen LogP contribution in [-0.4, -0.2) is 96.7 Å². The first kappa shape index (κ1) is 103. The highest BCUT2D eigenvalue weighted by Gasteiger charge is 2.30.